The van der Waals surface area contributed by atoms with E-state index in [0.717, 1.165) is 77.1 Å². The number of nitrogens with two attached hydrogens (primary N) is 1. The van der Waals surface area contributed by atoms with E-state index >= 15 is 0 Å². The van der Waals surface area contributed by atoms with E-state index in [0.29, 0.717) is 5.71 Å². The topological polar surface area (TPSA) is 86.0 Å². The number of rotatable bonds is 4. The number of fused-ring (bicyclic) bond motifs is 1. The van der Waals surface area contributed by atoms with Crippen molar-refractivity contribution >= 4 is 38.2 Å². The van der Waals surface area contributed by atoms with E-state index in [9.17, 15) is 4.79 Å². The molecule has 156 valence electrons. The fourth-order valence-electron chi connectivity index (χ4n) is 4.72. The Morgan fingerprint density at radius 3 is 2.66 bits per heavy atom. The summed E-state index contributed by atoms with van der Waals surface area (Å²) in [5, 5.41) is 9.64. The van der Waals surface area contributed by atoms with Crippen LogP contribution in [0.2, 0.25) is 0 Å². The number of amides is 1. The first kappa shape index (κ1) is 20.2. The Kier molecular flexibility index (Phi) is 5.32. The van der Waals surface area contributed by atoms with E-state index < -0.39 is 0 Å². The molecule has 6 heteroatoms. The zero-order chi connectivity index (χ0) is 20.8. The van der Waals surface area contributed by atoms with Crippen LogP contribution in [0.4, 0.5) is 5.00 Å². The van der Waals surface area contributed by atoms with Gasteiger partial charge in [-0.15, -0.1) is 11.3 Å². The van der Waals surface area contributed by atoms with Crippen molar-refractivity contribution in [3.8, 4) is 0 Å². The maximum absolute atomic E-state index is 12.8. The lowest BCUT2D eigenvalue weighted by Gasteiger charge is -2.31. The second-order valence-electron chi connectivity index (χ2n) is 9.50. The maximum Gasteiger partial charge on any atom is 0.230 e. The zero-order valence-corrected chi connectivity index (χ0v) is 18.5. The molecule has 5 nitrogen and oxygen atoms in total. The standard InChI is InChI=1S/C23H32N4OS/c1-23(2)10-9-15(16(24)13-23)21(25)18-11-19-17(26-18)12-20(29-19)27(3)22(28)14-7-5-4-6-8-14/h11-12,14,25-26H,4-10,13,24H2,1-3H3. The molecule has 2 aromatic rings. The molecule has 0 aromatic carbocycles. The van der Waals surface area contributed by atoms with Gasteiger partial charge in [0, 0.05) is 18.7 Å². The molecule has 4 rings (SSSR count). The fraction of sp³-hybridized carbons (Fsp3) is 0.565. The number of carbonyl (C=O) groups excluding carboxylic acids is 1. The molecule has 0 aliphatic heterocycles. The summed E-state index contributed by atoms with van der Waals surface area (Å²) in [4.78, 5) is 18.0. The van der Waals surface area contributed by atoms with E-state index in [1.54, 1.807) is 11.3 Å². The van der Waals surface area contributed by atoms with Crippen LogP contribution in [0.5, 0.6) is 0 Å². The van der Waals surface area contributed by atoms with Gasteiger partial charge in [0.25, 0.3) is 0 Å². The largest absolute Gasteiger partial charge is 0.402 e. The van der Waals surface area contributed by atoms with E-state index in [2.05, 4.69) is 18.8 Å². The molecule has 0 bridgehead atoms. The lowest BCUT2D eigenvalue weighted by Crippen LogP contribution is -2.33. The Hall–Kier alpha value is -2.08. The van der Waals surface area contributed by atoms with Crippen molar-refractivity contribution in [2.24, 2.45) is 17.1 Å². The molecule has 2 aliphatic carbocycles. The van der Waals surface area contributed by atoms with Gasteiger partial charge in [-0.25, -0.2) is 0 Å². The van der Waals surface area contributed by atoms with Gasteiger partial charge in [0.2, 0.25) is 5.91 Å². The number of anilines is 1. The molecule has 0 spiro atoms. The van der Waals surface area contributed by atoms with Crippen molar-refractivity contribution in [2.45, 2.75) is 65.2 Å². The third-order valence-electron chi connectivity index (χ3n) is 6.59. The fourth-order valence-corrected chi connectivity index (χ4v) is 5.75. The summed E-state index contributed by atoms with van der Waals surface area (Å²) in [6.07, 6.45) is 8.37. The molecule has 2 aromatic heterocycles. The number of allylic oxidation sites excluding steroid dienone is 2. The second kappa shape index (κ2) is 7.63. The molecule has 0 unspecified atom stereocenters. The van der Waals surface area contributed by atoms with Gasteiger partial charge in [-0.3, -0.25) is 10.2 Å². The minimum atomic E-state index is 0.170. The van der Waals surface area contributed by atoms with Crippen molar-refractivity contribution < 1.29 is 4.79 Å². The summed E-state index contributed by atoms with van der Waals surface area (Å²) >= 11 is 1.61. The van der Waals surface area contributed by atoms with Gasteiger partial charge in [-0.1, -0.05) is 33.1 Å². The number of thiophene rings is 1. The summed E-state index contributed by atoms with van der Waals surface area (Å²) in [6, 6.07) is 4.07. The highest BCUT2D eigenvalue weighted by Gasteiger charge is 2.29. The number of nitrogens with one attached hydrogen (secondary N) is 2. The van der Waals surface area contributed by atoms with Crippen molar-refractivity contribution in [3.63, 3.8) is 0 Å². The van der Waals surface area contributed by atoms with Gasteiger partial charge in [-0.2, -0.15) is 0 Å². The molecule has 0 atom stereocenters. The van der Waals surface area contributed by atoms with E-state index in [1.165, 1.54) is 6.42 Å². The first-order valence-electron chi connectivity index (χ1n) is 10.7. The Bertz CT molecular complexity index is 943. The van der Waals surface area contributed by atoms with Gasteiger partial charge in [-0.05, 0) is 55.2 Å². The molecule has 1 amide bonds. The number of aromatic nitrogens is 1. The van der Waals surface area contributed by atoms with Crippen LogP contribution >= 0.6 is 11.3 Å². The molecule has 4 N–H and O–H groups in total. The van der Waals surface area contributed by atoms with Crippen molar-refractivity contribution in [1.82, 2.24) is 4.98 Å². The van der Waals surface area contributed by atoms with Crippen LogP contribution in [0.25, 0.3) is 10.2 Å². The molecule has 29 heavy (non-hydrogen) atoms. The van der Waals surface area contributed by atoms with Crippen LogP contribution in [0.1, 0.15) is 70.9 Å². The Morgan fingerprint density at radius 2 is 2.00 bits per heavy atom. The van der Waals surface area contributed by atoms with Gasteiger partial charge in [0.05, 0.1) is 26.6 Å². The summed E-state index contributed by atoms with van der Waals surface area (Å²) in [5.41, 5.74) is 10.7. The van der Waals surface area contributed by atoms with Crippen molar-refractivity contribution in [1.29, 1.82) is 5.41 Å². The zero-order valence-electron chi connectivity index (χ0n) is 17.7. The SMILES string of the molecule is CN(C(=O)C1CCCCC1)c1cc2[nH]c(C(=N)C3=C(N)CC(C)(C)CC3)cc2s1. The summed E-state index contributed by atoms with van der Waals surface area (Å²) in [5.74, 6) is 0.410. The molecule has 0 saturated heterocycles. The summed E-state index contributed by atoms with van der Waals surface area (Å²) in [7, 11) is 1.89. The molecular formula is C23H32N4OS. The smallest absolute Gasteiger partial charge is 0.230 e. The van der Waals surface area contributed by atoms with Crippen LogP contribution in [0, 0.1) is 16.7 Å². The number of H-pyrrole nitrogens is 1. The van der Waals surface area contributed by atoms with Crippen LogP contribution in [0.15, 0.2) is 23.4 Å². The number of aromatic amines is 1. The van der Waals surface area contributed by atoms with Gasteiger partial charge < -0.3 is 15.6 Å². The second-order valence-corrected chi connectivity index (χ2v) is 10.6. The average Bonchev–Trinajstić information content (AvgIpc) is 3.25. The predicted molar refractivity (Wildman–Crippen MR) is 122 cm³/mol. The summed E-state index contributed by atoms with van der Waals surface area (Å²) < 4.78 is 1.08. The van der Waals surface area contributed by atoms with Crippen LogP contribution in [0.3, 0.4) is 0 Å². The molecule has 0 radical (unpaired) electrons. The highest BCUT2D eigenvalue weighted by atomic mass is 32.1. The lowest BCUT2D eigenvalue weighted by molar-refractivity contribution is -0.122. The Labute approximate surface area is 176 Å². The van der Waals surface area contributed by atoms with Gasteiger partial charge in [0.15, 0.2) is 0 Å². The number of nitrogens with zero attached hydrogens (tertiary/aromatic N) is 1. The van der Waals surface area contributed by atoms with Crippen LogP contribution < -0.4 is 10.6 Å². The highest BCUT2D eigenvalue weighted by molar-refractivity contribution is 7.23. The highest BCUT2D eigenvalue weighted by Crippen LogP contribution is 2.39. The van der Waals surface area contributed by atoms with Crippen LogP contribution in [-0.2, 0) is 4.79 Å². The normalized spacial score (nSPS) is 20.2. The Balaban J connectivity index is 1.52. The Morgan fingerprint density at radius 1 is 1.28 bits per heavy atom. The van der Waals surface area contributed by atoms with Gasteiger partial charge in [0.1, 0.15) is 0 Å². The first-order chi connectivity index (χ1) is 13.7. The number of carbonyl (C=O) groups is 1. The quantitative estimate of drug-likeness (QED) is 0.574. The first-order valence-corrected chi connectivity index (χ1v) is 11.5. The molecular weight excluding hydrogens is 380 g/mol. The molecule has 2 aliphatic rings. The van der Waals surface area contributed by atoms with E-state index in [1.807, 2.05) is 24.1 Å². The minimum absolute atomic E-state index is 0.170. The average molecular weight is 413 g/mol. The van der Waals surface area contributed by atoms with Gasteiger partial charge >= 0.3 is 0 Å². The van der Waals surface area contributed by atoms with Crippen molar-refractivity contribution in [2.75, 3.05) is 11.9 Å². The number of hydrogen-bond donors (Lipinski definition) is 3. The maximum atomic E-state index is 12.8. The molecule has 1 saturated carbocycles. The lowest BCUT2D eigenvalue weighted by atomic mass is 9.75. The third-order valence-corrected chi connectivity index (χ3v) is 7.75. The molecule has 1 fully saturated rings. The van der Waals surface area contributed by atoms with Crippen LogP contribution in [-0.4, -0.2) is 23.7 Å². The molecule has 2 heterocycles. The van der Waals surface area contributed by atoms with Crippen molar-refractivity contribution in [3.05, 3.63) is 29.1 Å². The van der Waals surface area contributed by atoms with E-state index in [-0.39, 0.29) is 17.2 Å². The van der Waals surface area contributed by atoms with E-state index in [4.69, 9.17) is 11.1 Å². The third kappa shape index (κ3) is 4.00. The summed E-state index contributed by atoms with van der Waals surface area (Å²) in [6.45, 7) is 4.47. The predicted octanol–water partition coefficient (Wildman–Crippen LogP) is 5.56. The number of hydrogen-bond acceptors (Lipinski definition) is 4. The minimum Gasteiger partial charge on any atom is -0.402 e. The monoisotopic (exact) mass is 412 g/mol.